The van der Waals surface area contributed by atoms with Crippen LogP contribution in [0.4, 0.5) is 0 Å². The first-order valence-corrected chi connectivity index (χ1v) is 9.15. The highest BCUT2D eigenvalue weighted by Gasteiger charge is 2.21. The average molecular weight is 341 g/mol. The third kappa shape index (κ3) is 5.93. The normalized spacial score (nSPS) is 13.9. The highest BCUT2D eigenvalue weighted by Crippen LogP contribution is 2.21. The summed E-state index contributed by atoms with van der Waals surface area (Å²) in [4.78, 5) is 14.1. The molecule has 0 spiro atoms. The maximum absolute atomic E-state index is 12.1. The summed E-state index contributed by atoms with van der Waals surface area (Å²) in [6, 6.07) is 6.36. The van der Waals surface area contributed by atoms with Gasteiger partial charge in [0.15, 0.2) is 0 Å². The Balaban J connectivity index is 2.81. The van der Waals surface area contributed by atoms with Crippen molar-refractivity contribution in [3.05, 3.63) is 29.8 Å². The first-order valence-electron chi connectivity index (χ1n) is 7.60. The fourth-order valence-electron chi connectivity index (χ4n) is 2.07. The monoisotopic (exact) mass is 341 g/mol. The van der Waals surface area contributed by atoms with Crippen LogP contribution in [0.25, 0.3) is 0 Å². The van der Waals surface area contributed by atoms with E-state index in [1.165, 1.54) is 6.07 Å². The van der Waals surface area contributed by atoms with Crippen LogP contribution in [-0.4, -0.2) is 38.4 Å². The van der Waals surface area contributed by atoms with E-state index < -0.39 is 10.0 Å². The highest BCUT2D eigenvalue weighted by molar-refractivity contribution is 7.89. The fourth-order valence-corrected chi connectivity index (χ4v) is 2.64. The van der Waals surface area contributed by atoms with Gasteiger partial charge in [-0.1, -0.05) is 19.1 Å². The number of nitrogens with one attached hydrogen (secondary N) is 1. The van der Waals surface area contributed by atoms with E-state index in [0.29, 0.717) is 0 Å². The van der Waals surface area contributed by atoms with Gasteiger partial charge in [0, 0.05) is 11.6 Å². The van der Waals surface area contributed by atoms with E-state index in [-0.39, 0.29) is 28.9 Å². The van der Waals surface area contributed by atoms with E-state index in [1.807, 2.05) is 45.7 Å². The molecule has 0 saturated heterocycles. The smallest absolute Gasteiger partial charge is 0.238 e. The molecule has 3 N–H and O–H groups in total. The molecule has 6 nitrogen and oxygen atoms in total. The van der Waals surface area contributed by atoms with Crippen LogP contribution >= 0.6 is 0 Å². The van der Waals surface area contributed by atoms with Crippen LogP contribution in [0.5, 0.6) is 0 Å². The molecule has 0 fully saturated rings. The van der Waals surface area contributed by atoms with Gasteiger partial charge in [-0.25, -0.2) is 13.6 Å². The SMILES string of the molecule is CCC(C)(C)NC(=O)CN(C)C(C)c1cccc(S(N)(=O)=O)c1. The number of amides is 1. The first kappa shape index (κ1) is 19.6. The number of likely N-dealkylation sites (N-methyl/N-ethyl adjacent to an activating group) is 1. The number of benzene rings is 1. The van der Waals surface area contributed by atoms with Crippen LogP contribution in [0.15, 0.2) is 29.2 Å². The summed E-state index contributed by atoms with van der Waals surface area (Å²) in [5, 5.41) is 8.14. The Labute approximate surface area is 139 Å². The number of primary sulfonamides is 1. The minimum Gasteiger partial charge on any atom is -0.350 e. The molecule has 0 aromatic heterocycles. The van der Waals surface area contributed by atoms with Gasteiger partial charge in [-0.15, -0.1) is 0 Å². The van der Waals surface area contributed by atoms with Crippen LogP contribution in [0, 0.1) is 0 Å². The summed E-state index contributed by atoms with van der Waals surface area (Å²) in [5.41, 5.74) is 0.552. The number of carbonyl (C=O) groups is 1. The van der Waals surface area contributed by atoms with Gasteiger partial charge in [0.05, 0.1) is 11.4 Å². The Morgan fingerprint density at radius 3 is 2.52 bits per heavy atom. The van der Waals surface area contributed by atoms with Crippen molar-refractivity contribution in [3.63, 3.8) is 0 Å². The second-order valence-electron chi connectivity index (χ2n) is 6.49. The molecule has 0 heterocycles. The minimum atomic E-state index is -3.73. The number of nitrogens with two attached hydrogens (primary N) is 1. The van der Waals surface area contributed by atoms with Crippen LogP contribution in [0.2, 0.25) is 0 Å². The molecule has 23 heavy (non-hydrogen) atoms. The second kappa shape index (κ2) is 7.42. The minimum absolute atomic E-state index is 0.0613. The topological polar surface area (TPSA) is 92.5 Å². The van der Waals surface area contributed by atoms with E-state index in [2.05, 4.69) is 5.32 Å². The molecule has 7 heteroatoms. The third-order valence-corrected chi connectivity index (χ3v) is 5.00. The van der Waals surface area contributed by atoms with Gasteiger partial charge in [0.25, 0.3) is 0 Å². The summed E-state index contributed by atoms with van der Waals surface area (Å²) in [5.74, 6) is -0.0613. The fraction of sp³-hybridized carbons (Fsp3) is 0.562. The van der Waals surface area contributed by atoms with Gasteiger partial charge in [-0.05, 0) is 51.9 Å². The first-order chi connectivity index (χ1) is 10.5. The van der Waals surface area contributed by atoms with Crippen molar-refractivity contribution in [2.75, 3.05) is 13.6 Å². The van der Waals surface area contributed by atoms with Crippen molar-refractivity contribution < 1.29 is 13.2 Å². The van der Waals surface area contributed by atoms with Crippen molar-refractivity contribution in [1.29, 1.82) is 0 Å². The molecule has 1 unspecified atom stereocenters. The Hall–Kier alpha value is -1.44. The number of carbonyl (C=O) groups excluding carboxylic acids is 1. The quantitative estimate of drug-likeness (QED) is 0.788. The summed E-state index contributed by atoms with van der Waals surface area (Å²) in [6.07, 6.45) is 0.842. The highest BCUT2D eigenvalue weighted by atomic mass is 32.2. The Kier molecular flexibility index (Phi) is 6.33. The molecule has 0 radical (unpaired) electrons. The molecule has 1 atom stereocenters. The maximum atomic E-state index is 12.1. The second-order valence-corrected chi connectivity index (χ2v) is 8.06. The lowest BCUT2D eigenvalue weighted by Crippen LogP contribution is -2.47. The van der Waals surface area contributed by atoms with Crippen molar-refractivity contribution >= 4 is 15.9 Å². The van der Waals surface area contributed by atoms with Crippen LogP contribution in [0.1, 0.15) is 45.7 Å². The predicted octanol–water partition coefficient (Wildman–Crippen LogP) is 1.63. The largest absolute Gasteiger partial charge is 0.350 e. The van der Waals surface area contributed by atoms with Gasteiger partial charge in [0.2, 0.25) is 15.9 Å². The average Bonchev–Trinajstić information content (AvgIpc) is 2.45. The lowest BCUT2D eigenvalue weighted by Gasteiger charge is -2.29. The van der Waals surface area contributed by atoms with Gasteiger partial charge >= 0.3 is 0 Å². The number of nitrogens with zero attached hydrogens (tertiary/aromatic N) is 1. The van der Waals surface area contributed by atoms with Gasteiger partial charge in [-0.3, -0.25) is 9.69 Å². The maximum Gasteiger partial charge on any atom is 0.238 e. The van der Waals surface area contributed by atoms with Gasteiger partial charge in [-0.2, -0.15) is 0 Å². The predicted molar refractivity (Wildman–Crippen MR) is 91.4 cm³/mol. The molecular formula is C16H27N3O3S. The Bertz CT molecular complexity index is 656. The van der Waals surface area contributed by atoms with E-state index in [9.17, 15) is 13.2 Å². The summed E-state index contributed by atoms with van der Waals surface area (Å²) >= 11 is 0. The summed E-state index contributed by atoms with van der Waals surface area (Å²) in [7, 11) is -1.91. The van der Waals surface area contributed by atoms with Crippen molar-refractivity contribution in [1.82, 2.24) is 10.2 Å². The molecule has 0 saturated carbocycles. The van der Waals surface area contributed by atoms with Crippen LogP contribution in [0.3, 0.4) is 0 Å². The molecule has 1 rings (SSSR count). The number of hydrogen-bond donors (Lipinski definition) is 2. The molecule has 0 aliphatic heterocycles. The van der Waals surface area contributed by atoms with Crippen molar-refractivity contribution in [2.45, 2.75) is 50.6 Å². The molecule has 1 aromatic rings. The molecule has 1 aromatic carbocycles. The number of sulfonamides is 1. The van der Waals surface area contributed by atoms with E-state index in [0.717, 1.165) is 12.0 Å². The lowest BCUT2D eigenvalue weighted by molar-refractivity contribution is -0.124. The zero-order valence-electron chi connectivity index (χ0n) is 14.5. The standard InChI is InChI=1S/C16H27N3O3S/c1-6-16(3,4)18-15(20)11-19(5)12(2)13-8-7-9-14(10-13)23(17,21)22/h7-10,12H,6,11H2,1-5H3,(H,18,20)(H2,17,21,22). The third-order valence-electron chi connectivity index (χ3n) is 4.08. The zero-order valence-corrected chi connectivity index (χ0v) is 15.3. The van der Waals surface area contributed by atoms with E-state index in [4.69, 9.17) is 5.14 Å². The Morgan fingerprint density at radius 2 is 2.00 bits per heavy atom. The van der Waals surface area contributed by atoms with Crippen molar-refractivity contribution in [3.8, 4) is 0 Å². The number of rotatable bonds is 7. The molecule has 0 aliphatic rings. The van der Waals surface area contributed by atoms with Gasteiger partial charge in [0.1, 0.15) is 0 Å². The van der Waals surface area contributed by atoms with Gasteiger partial charge < -0.3 is 5.32 Å². The number of hydrogen-bond acceptors (Lipinski definition) is 4. The zero-order chi connectivity index (χ0) is 17.8. The molecule has 130 valence electrons. The van der Waals surface area contributed by atoms with Crippen LogP contribution < -0.4 is 10.5 Å². The molecule has 0 aliphatic carbocycles. The molecule has 1 amide bonds. The summed E-state index contributed by atoms with van der Waals surface area (Å²) in [6.45, 7) is 8.11. The Morgan fingerprint density at radius 1 is 1.39 bits per heavy atom. The molecule has 0 bridgehead atoms. The van der Waals surface area contributed by atoms with Crippen LogP contribution in [-0.2, 0) is 14.8 Å². The van der Waals surface area contributed by atoms with E-state index in [1.54, 1.807) is 12.1 Å². The summed E-state index contributed by atoms with van der Waals surface area (Å²) < 4.78 is 22.9. The van der Waals surface area contributed by atoms with E-state index >= 15 is 0 Å². The molecular weight excluding hydrogens is 314 g/mol. The lowest BCUT2D eigenvalue weighted by atomic mass is 10.0. The van der Waals surface area contributed by atoms with Crippen molar-refractivity contribution in [2.24, 2.45) is 5.14 Å².